The van der Waals surface area contributed by atoms with E-state index in [0.29, 0.717) is 53.4 Å². The van der Waals surface area contributed by atoms with Gasteiger partial charge in [-0.15, -0.1) is 0 Å². The summed E-state index contributed by atoms with van der Waals surface area (Å²) in [4.78, 5) is 27.5. The first-order chi connectivity index (χ1) is 19.3. The van der Waals surface area contributed by atoms with Crippen molar-refractivity contribution in [3.8, 4) is 11.1 Å². The van der Waals surface area contributed by atoms with E-state index in [9.17, 15) is 14.0 Å². The normalized spacial score (nSPS) is 13.7. The summed E-state index contributed by atoms with van der Waals surface area (Å²) in [6.07, 6.45) is 0.316. The van der Waals surface area contributed by atoms with Crippen LogP contribution in [0.2, 0.25) is 5.02 Å². The van der Waals surface area contributed by atoms with E-state index in [1.807, 2.05) is 48.7 Å². The number of rotatable bonds is 5. The van der Waals surface area contributed by atoms with Gasteiger partial charge in [0.05, 0.1) is 22.8 Å². The number of carbonyl (C=O) groups is 2. The lowest BCUT2D eigenvalue weighted by Gasteiger charge is -2.26. The van der Waals surface area contributed by atoms with Gasteiger partial charge in [-0.1, -0.05) is 22.8 Å². The monoisotopic (exact) mass is 560 g/mol. The number of anilines is 1. The third-order valence-electron chi connectivity index (χ3n) is 7.35. The Bertz CT molecular complexity index is 1810. The number of hydrogen-bond acceptors (Lipinski definition) is 5. The molecule has 3 aromatic carbocycles. The molecule has 2 aromatic heterocycles. The molecule has 0 bridgehead atoms. The smallest absolute Gasteiger partial charge is 0.414 e. The number of nitrogens with zero attached hydrogens (tertiary/aromatic N) is 3. The van der Waals surface area contributed by atoms with Crippen molar-refractivity contribution in [1.82, 2.24) is 15.0 Å². The summed E-state index contributed by atoms with van der Waals surface area (Å²) >= 11 is 5.95. The van der Waals surface area contributed by atoms with Gasteiger partial charge in [0.25, 0.3) is 5.91 Å². The van der Waals surface area contributed by atoms with Gasteiger partial charge in [0.15, 0.2) is 0 Å². The number of ether oxygens (including phenoxy) is 1. The van der Waals surface area contributed by atoms with Crippen molar-refractivity contribution >= 4 is 51.1 Å². The molecule has 8 nitrogen and oxygen atoms in total. The number of halogens is 2. The highest BCUT2D eigenvalue weighted by Gasteiger charge is 2.25. The first-order valence-electron chi connectivity index (χ1n) is 12.9. The second-order valence-corrected chi connectivity index (χ2v) is 10.3. The summed E-state index contributed by atoms with van der Waals surface area (Å²) in [5.41, 5.74) is 5.69. The number of cyclic esters (lactones) is 1. The Morgan fingerprint density at radius 2 is 1.95 bits per heavy atom. The molecule has 1 fully saturated rings. The molecule has 0 aliphatic carbocycles. The number of fused-ring (bicyclic) bond motifs is 3. The van der Waals surface area contributed by atoms with Crippen LogP contribution in [0.4, 0.5) is 14.9 Å². The van der Waals surface area contributed by atoms with Crippen LogP contribution in [0, 0.1) is 19.7 Å². The Morgan fingerprint density at radius 3 is 2.65 bits per heavy atom. The number of benzene rings is 3. The van der Waals surface area contributed by atoms with Crippen molar-refractivity contribution in [2.45, 2.75) is 26.8 Å². The van der Waals surface area contributed by atoms with E-state index in [2.05, 4.69) is 10.5 Å². The van der Waals surface area contributed by atoms with Gasteiger partial charge < -0.3 is 19.1 Å². The zero-order valence-corrected chi connectivity index (χ0v) is 22.9. The van der Waals surface area contributed by atoms with Crippen LogP contribution in [0.1, 0.15) is 33.8 Å². The fourth-order valence-corrected chi connectivity index (χ4v) is 5.63. The Hall–Kier alpha value is -4.37. The molecule has 1 N–H and O–H groups in total. The lowest BCUT2D eigenvalue weighted by atomic mass is 9.97. The maximum atomic E-state index is 14.4. The molecule has 10 heteroatoms. The first kappa shape index (κ1) is 25.9. The number of carbonyl (C=O) groups excluding carboxylic acids is 2. The van der Waals surface area contributed by atoms with Crippen LogP contribution < -0.4 is 10.2 Å². The number of hydrogen-bond donors (Lipinski definition) is 1. The molecule has 0 atom stereocenters. The molecule has 1 aliphatic rings. The summed E-state index contributed by atoms with van der Waals surface area (Å²) in [5.74, 6) is -0.140. The van der Waals surface area contributed by atoms with E-state index in [-0.39, 0.29) is 10.9 Å². The zero-order valence-electron chi connectivity index (χ0n) is 22.2. The quantitative estimate of drug-likeness (QED) is 0.261. The summed E-state index contributed by atoms with van der Waals surface area (Å²) in [5, 5.41) is 8.41. The fraction of sp³-hybridized carbons (Fsp3) is 0.233. The lowest BCUT2D eigenvalue weighted by molar-refractivity contribution is 0.0964. The summed E-state index contributed by atoms with van der Waals surface area (Å²) in [6.45, 7) is 4.92. The SMILES string of the molecule is CNC(=O)c1cc(-c2c(C)noc2C)cc2c1c1cc(N3CCCOC3=O)ccc1n2Cc1ccc(Cl)c(F)c1. The van der Waals surface area contributed by atoms with Crippen LogP contribution in [-0.2, 0) is 11.3 Å². The summed E-state index contributed by atoms with van der Waals surface area (Å²) in [7, 11) is 1.58. The van der Waals surface area contributed by atoms with Gasteiger partial charge in [-0.3, -0.25) is 9.69 Å². The van der Waals surface area contributed by atoms with Crippen molar-refractivity contribution in [3.63, 3.8) is 0 Å². The number of nitrogens with one attached hydrogen (secondary N) is 1. The molecule has 0 unspecified atom stereocenters. The largest absolute Gasteiger partial charge is 0.449 e. The summed E-state index contributed by atoms with van der Waals surface area (Å²) in [6, 6.07) is 14.2. The highest BCUT2D eigenvalue weighted by atomic mass is 35.5. The number of aryl methyl sites for hydroxylation is 2. The molecule has 0 spiro atoms. The molecule has 6 rings (SSSR count). The minimum absolute atomic E-state index is 0.0478. The molecule has 2 amide bonds. The van der Waals surface area contributed by atoms with Crippen molar-refractivity contribution in [3.05, 3.63) is 82.0 Å². The summed E-state index contributed by atoms with van der Waals surface area (Å²) < 4.78 is 27.2. The maximum absolute atomic E-state index is 14.4. The Balaban J connectivity index is 1.67. The second-order valence-electron chi connectivity index (χ2n) is 9.85. The van der Waals surface area contributed by atoms with E-state index < -0.39 is 11.9 Å². The third-order valence-corrected chi connectivity index (χ3v) is 7.66. The second kappa shape index (κ2) is 9.98. The van der Waals surface area contributed by atoms with Crippen molar-refractivity contribution in [2.75, 3.05) is 25.1 Å². The van der Waals surface area contributed by atoms with Crippen molar-refractivity contribution in [1.29, 1.82) is 0 Å². The molecule has 0 radical (unpaired) electrons. The third kappa shape index (κ3) is 4.26. The van der Waals surface area contributed by atoms with Crippen molar-refractivity contribution in [2.24, 2.45) is 0 Å². The van der Waals surface area contributed by atoms with Gasteiger partial charge in [-0.2, -0.15) is 0 Å². The van der Waals surface area contributed by atoms with Gasteiger partial charge >= 0.3 is 6.09 Å². The number of amides is 2. The van der Waals surface area contributed by atoms with E-state index in [0.717, 1.165) is 34.0 Å². The van der Waals surface area contributed by atoms with E-state index in [1.165, 1.54) is 12.1 Å². The Morgan fingerprint density at radius 1 is 1.12 bits per heavy atom. The molecular formula is C30H26ClFN4O4. The zero-order chi connectivity index (χ0) is 28.1. The Kier molecular flexibility index (Phi) is 6.46. The lowest BCUT2D eigenvalue weighted by Crippen LogP contribution is -2.37. The highest BCUT2D eigenvalue weighted by Crippen LogP contribution is 2.39. The molecule has 1 aliphatic heterocycles. The topological polar surface area (TPSA) is 89.6 Å². The van der Waals surface area contributed by atoms with Crippen LogP contribution in [0.5, 0.6) is 0 Å². The molecule has 0 saturated carbocycles. The van der Waals surface area contributed by atoms with Gasteiger partial charge in [0.1, 0.15) is 11.6 Å². The highest BCUT2D eigenvalue weighted by molar-refractivity contribution is 6.30. The fourth-order valence-electron chi connectivity index (χ4n) is 5.51. The van der Waals surface area contributed by atoms with Gasteiger partial charge in [-0.25, -0.2) is 9.18 Å². The molecule has 204 valence electrons. The van der Waals surface area contributed by atoms with Crippen LogP contribution in [-0.4, -0.2) is 41.9 Å². The average molecular weight is 561 g/mol. The van der Waals surface area contributed by atoms with Crippen molar-refractivity contribution < 1.29 is 23.2 Å². The molecule has 40 heavy (non-hydrogen) atoms. The predicted octanol–water partition coefficient (Wildman–Crippen LogP) is 6.61. The van der Waals surface area contributed by atoms with Crippen LogP contribution >= 0.6 is 11.6 Å². The maximum Gasteiger partial charge on any atom is 0.414 e. The van der Waals surface area contributed by atoms with Gasteiger partial charge in [0, 0.05) is 53.2 Å². The Labute approximate surface area is 234 Å². The molecule has 3 heterocycles. The minimum atomic E-state index is -0.506. The number of aromatic nitrogens is 2. The standard InChI is InChI=1S/C30H26ClFN4O4/c1-16-27(17(2)40-34-16)19-12-22(29(37)33-3)28-21-14-20(35-9-4-10-39-30(35)38)6-8-25(21)36(26(28)13-19)15-18-5-7-23(31)24(32)11-18/h5-8,11-14H,4,9-10,15H2,1-3H3,(H,33,37). The van der Waals surface area contributed by atoms with E-state index in [4.69, 9.17) is 20.9 Å². The minimum Gasteiger partial charge on any atom is -0.449 e. The van der Waals surface area contributed by atoms with Gasteiger partial charge in [-0.05, 0) is 73.9 Å². The predicted molar refractivity (Wildman–Crippen MR) is 152 cm³/mol. The van der Waals surface area contributed by atoms with Crippen LogP contribution in [0.15, 0.2) is 53.1 Å². The molecule has 1 saturated heterocycles. The van der Waals surface area contributed by atoms with E-state index in [1.54, 1.807) is 18.0 Å². The van der Waals surface area contributed by atoms with Crippen LogP contribution in [0.3, 0.4) is 0 Å². The van der Waals surface area contributed by atoms with Crippen LogP contribution in [0.25, 0.3) is 32.9 Å². The van der Waals surface area contributed by atoms with E-state index >= 15 is 0 Å². The first-order valence-corrected chi connectivity index (χ1v) is 13.3. The molecular weight excluding hydrogens is 535 g/mol. The van der Waals surface area contributed by atoms with Gasteiger partial charge in [0.2, 0.25) is 0 Å². The molecule has 5 aromatic rings. The average Bonchev–Trinajstić information content (AvgIpc) is 3.45.